The van der Waals surface area contributed by atoms with Crippen molar-refractivity contribution in [2.24, 2.45) is 0 Å². The van der Waals surface area contributed by atoms with E-state index in [1.165, 1.54) is 54.7 Å². The predicted octanol–water partition coefficient (Wildman–Crippen LogP) is 10.9. The van der Waals surface area contributed by atoms with Crippen LogP contribution in [0.15, 0.2) is 158 Å². The first-order valence-corrected chi connectivity index (χ1v) is 14.7. The van der Waals surface area contributed by atoms with Gasteiger partial charge in [-0.25, -0.2) is 4.98 Å². The van der Waals surface area contributed by atoms with Gasteiger partial charge in [-0.15, -0.1) is 0 Å². The number of para-hydroxylation sites is 2. The van der Waals surface area contributed by atoms with Gasteiger partial charge in [0.1, 0.15) is 5.65 Å². The van der Waals surface area contributed by atoms with E-state index in [0.717, 1.165) is 27.8 Å². The highest BCUT2D eigenvalue weighted by atomic mass is 15.0. The number of imidazole rings is 1. The number of benzene rings is 7. The van der Waals surface area contributed by atoms with Gasteiger partial charge in [-0.3, -0.25) is 4.40 Å². The number of hydrogen-bond acceptors (Lipinski definition) is 1. The van der Waals surface area contributed by atoms with Gasteiger partial charge in [0.25, 0.3) is 0 Å². The lowest BCUT2D eigenvalue weighted by atomic mass is 9.85. The van der Waals surface area contributed by atoms with Gasteiger partial charge in [-0.2, -0.15) is 0 Å². The maximum atomic E-state index is 5.11. The molecule has 0 atom stereocenters. The molecule has 0 unspecified atom stereocenters. The molecule has 200 valence electrons. The Morgan fingerprint density at radius 3 is 1.58 bits per heavy atom. The molecule has 0 spiro atoms. The Kier molecular flexibility index (Phi) is 5.23. The average molecular weight is 547 g/mol. The molecular weight excluding hydrogens is 520 g/mol. The second-order valence-corrected chi connectivity index (χ2v) is 11.2. The highest BCUT2D eigenvalue weighted by Crippen LogP contribution is 2.44. The molecule has 0 aliphatic rings. The molecule has 43 heavy (non-hydrogen) atoms. The first-order chi connectivity index (χ1) is 21.3. The molecule has 2 aromatic heterocycles. The first kappa shape index (κ1) is 23.9. The maximum Gasteiger partial charge on any atom is 0.146 e. The predicted molar refractivity (Wildman–Crippen MR) is 182 cm³/mol. The highest BCUT2D eigenvalue weighted by Gasteiger charge is 2.18. The summed E-state index contributed by atoms with van der Waals surface area (Å²) >= 11 is 0. The van der Waals surface area contributed by atoms with Crippen molar-refractivity contribution in [2.45, 2.75) is 0 Å². The molecule has 0 saturated carbocycles. The number of fused-ring (bicyclic) bond motifs is 7. The molecule has 0 aliphatic carbocycles. The van der Waals surface area contributed by atoms with Crippen LogP contribution in [0.3, 0.4) is 0 Å². The van der Waals surface area contributed by atoms with Gasteiger partial charge < -0.3 is 0 Å². The Morgan fingerprint density at radius 2 is 0.930 bits per heavy atom. The molecule has 0 fully saturated rings. The van der Waals surface area contributed by atoms with Crippen LogP contribution in [0, 0.1) is 0 Å². The number of pyridine rings is 1. The summed E-state index contributed by atoms with van der Waals surface area (Å²) in [6.45, 7) is 0. The summed E-state index contributed by atoms with van der Waals surface area (Å²) in [7, 11) is 0. The second kappa shape index (κ2) is 9.40. The van der Waals surface area contributed by atoms with Crippen LogP contribution in [0.5, 0.6) is 0 Å². The Balaban J connectivity index is 1.40. The molecule has 0 bridgehead atoms. The van der Waals surface area contributed by atoms with E-state index in [1.54, 1.807) is 0 Å². The molecule has 0 saturated heterocycles. The minimum Gasteiger partial charge on any atom is -0.292 e. The van der Waals surface area contributed by atoms with Gasteiger partial charge in [0.15, 0.2) is 0 Å². The van der Waals surface area contributed by atoms with Crippen molar-refractivity contribution in [3.63, 3.8) is 0 Å². The lowest BCUT2D eigenvalue weighted by Gasteiger charge is -2.18. The van der Waals surface area contributed by atoms with Crippen LogP contribution < -0.4 is 0 Å². The Bertz CT molecular complexity index is 2430. The molecule has 0 aliphatic heterocycles. The third-order valence-corrected chi connectivity index (χ3v) is 8.74. The van der Waals surface area contributed by atoms with Gasteiger partial charge in [-0.05, 0) is 85.1 Å². The van der Waals surface area contributed by atoms with Crippen LogP contribution in [-0.4, -0.2) is 9.38 Å². The monoisotopic (exact) mass is 546 g/mol. The van der Waals surface area contributed by atoms with Gasteiger partial charge >= 0.3 is 0 Å². The fraction of sp³-hybridized carbons (Fsp3) is 0. The third-order valence-electron chi connectivity index (χ3n) is 8.74. The minimum atomic E-state index is 0.982. The van der Waals surface area contributed by atoms with E-state index in [4.69, 9.17) is 4.98 Å². The lowest BCUT2D eigenvalue weighted by Crippen LogP contribution is -1.94. The standard InChI is InChI=1S/C41H26N2/c1-3-13-27(14-4-1)35-26-30-25-29(23-24-37(30)43-38-22-12-11-21-36(38)42-41(35)43)40-33-19-9-7-17-31(33)39(28-15-5-2-6-16-28)32-18-8-10-20-34(32)40/h1-26H. The zero-order chi connectivity index (χ0) is 28.3. The summed E-state index contributed by atoms with van der Waals surface area (Å²) in [5.74, 6) is 0. The summed E-state index contributed by atoms with van der Waals surface area (Å²) in [5.41, 5.74) is 11.6. The smallest absolute Gasteiger partial charge is 0.146 e. The summed E-state index contributed by atoms with van der Waals surface area (Å²) in [5, 5.41) is 6.24. The average Bonchev–Trinajstić information content (AvgIpc) is 3.47. The zero-order valence-electron chi connectivity index (χ0n) is 23.4. The number of rotatable bonds is 3. The molecule has 0 N–H and O–H groups in total. The summed E-state index contributed by atoms with van der Waals surface area (Å²) in [4.78, 5) is 5.11. The molecule has 2 heterocycles. The molecule has 9 aromatic rings. The fourth-order valence-electron chi connectivity index (χ4n) is 6.89. The van der Waals surface area contributed by atoms with Crippen LogP contribution in [0.2, 0.25) is 0 Å². The topological polar surface area (TPSA) is 17.3 Å². The van der Waals surface area contributed by atoms with Gasteiger partial charge in [0.05, 0.1) is 16.6 Å². The zero-order valence-corrected chi connectivity index (χ0v) is 23.4. The van der Waals surface area contributed by atoms with E-state index < -0.39 is 0 Å². The molecule has 9 rings (SSSR count). The van der Waals surface area contributed by atoms with E-state index >= 15 is 0 Å². The van der Waals surface area contributed by atoms with Gasteiger partial charge in [-0.1, -0.05) is 127 Å². The highest BCUT2D eigenvalue weighted by molar-refractivity contribution is 6.21. The van der Waals surface area contributed by atoms with Crippen molar-refractivity contribution in [3.05, 3.63) is 158 Å². The van der Waals surface area contributed by atoms with E-state index in [1.807, 2.05) is 0 Å². The second-order valence-electron chi connectivity index (χ2n) is 11.2. The molecule has 0 amide bonds. The molecule has 0 radical (unpaired) electrons. The Morgan fingerprint density at radius 1 is 0.395 bits per heavy atom. The van der Waals surface area contributed by atoms with Crippen molar-refractivity contribution in [3.8, 4) is 33.4 Å². The minimum absolute atomic E-state index is 0.982. The lowest BCUT2D eigenvalue weighted by molar-refractivity contribution is 1.30. The van der Waals surface area contributed by atoms with E-state index in [-0.39, 0.29) is 0 Å². The van der Waals surface area contributed by atoms with Crippen LogP contribution in [-0.2, 0) is 0 Å². The summed E-state index contributed by atoms with van der Waals surface area (Å²) < 4.78 is 2.32. The van der Waals surface area contributed by atoms with Crippen molar-refractivity contribution in [1.82, 2.24) is 9.38 Å². The van der Waals surface area contributed by atoms with Crippen molar-refractivity contribution >= 4 is 49.1 Å². The van der Waals surface area contributed by atoms with Gasteiger partial charge in [0, 0.05) is 5.56 Å². The van der Waals surface area contributed by atoms with E-state index in [0.29, 0.717) is 0 Å². The third kappa shape index (κ3) is 3.63. The Labute approximate surface area is 249 Å². The fourth-order valence-corrected chi connectivity index (χ4v) is 6.89. The number of aromatic nitrogens is 2. The van der Waals surface area contributed by atoms with Crippen LogP contribution >= 0.6 is 0 Å². The number of hydrogen-bond donors (Lipinski definition) is 0. The van der Waals surface area contributed by atoms with Crippen molar-refractivity contribution < 1.29 is 0 Å². The molecule has 7 aromatic carbocycles. The van der Waals surface area contributed by atoms with Gasteiger partial charge in [0.2, 0.25) is 0 Å². The Hall–Kier alpha value is -5.73. The molecular formula is C41H26N2. The van der Waals surface area contributed by atoms with Crippen LogP contribution in [0.25, 0.3) is 82.5 Å². The number of nitrogens with zero attached hydrogens (tertiary/aromatic N) is 2. The van der Waals surface area contributed by atoms with Crippen LogP contribution in [0.1, 0.15) is 0 Å². The quantitative estimate of drug-likeness (QED) is 0.201. The molecule has 2 nitrogen and oxygen atoms in total. The first-order valence-electron chi connectivity index (χ1n) is 14.7. The SMILES string of the molecule is c1ccc(-c2c3ccccc3c(-c3ccc4c(c3)cc(-c3ccccc3)c3nc5ccccc5n34)c3ccccc23)cc1. The maximum absolute atomic E-state index is 5.11. The van der Waals surface area contributed by atoms with Crippen LogP contribution in [0.4, 0.5) is 0 Å². The summed E-state index contributed by atoms with van der Waals surface area (Å²) in [6.07, 6.45) is 0. The van der Waals surface area contributed by atoms with Crippen molar-refractivity contribution in [1.29, 1.82) is 0 Å². The van der Waals surface area contributed by atoms with E-state index in [2.05, 4.69) is 162 Å². The normalized spacial score (nSPS) is 11.7. The van der Waals surface area contributed by atoms with Crippen molar-refractivity contribution in [2.75, 3.05) is 0 Å². The largest absolute Gasteiger partial charge is 0.292 e. The molecule has 2 heteroatoms. The van der Waals surface area contributed by atoms with E-state index in [9.17, 15) is 0 Å². The summed E-state index contributed by atoms with van der Waals surface area (Å²) in [6, 6.07) is 56.8.